The molecule has 1 N–H and O–H groups in total. The molecule has 0 spiro atoms. The lowest BCUT2D eigenvalue weighted by atomic mass is 10.1. The minimum absolute atomic E-state index is 0.155. The van der Waals surface area contributed by atoms with Gasteiger partial charge in [0, 0.05) is 36.3 Å². The van der Waals surface area contributed by atoms with Gasteiger partial charge >= 0.3 is 6.36 Å². The molecule has 0 radical (unpaired) electrons. The molecule has 0 atom stereocenters. The molecule has 144 valence electrons. The van der Waals surface area contributed by atoms with Gasteiger partial charge in [0.2, 0.25) is 5.78 Å². The molecule has 1 aromatic heterocycles. The Labute approximate surface area is 157 Å². The highest BCUT2D eigenvalue weighted by molar-refractivity contribution is 6.07. The molecule has 0 saturated heterocycles. The average molecular weight is 389 g/mol. The zero-order valence-electron chi connectivity index (χ0n) is 14.5. The molecule has 0 saturated carbocycles. The van der Waals surface area contributed by atoms with Gasteiger partial charge in [-0.2, -0.15) is 0 Å². The zero-order chi connectivity index (χ0) is 20.3. The monoisotopic (exact) mass is 389 g/mol. The van der Waals surface area contributed by atoms with Gasteiger partial charge in [-0.3, -0.25) is 9.59 Å². The Morgan fingerprint density at radius 3 is 2.14 bits per heavy atom. The molecule has 0 fully saturated rings. The van der Waals surface area contributed by atoms with E-state index < -0.39 is 18.0 Å². The third-order valence-electron chi connectivity index (χ3n) is 3.78. The van der Waals surface area contributed by atoms with E-state index >= 15 is 0 Å². The topological polar surface area (TPSA) is 73.2 Å². The van der Waals surface area contributed by atoms with E-state index in [-0.39, 0.29) is 17.2 Å². The number of imidazole rings is 1. The van der Waals surface area contributed by atoms with Gasteiger partial charge in [0.15, 0.2) is 5.82 Å². The van der Waals surface area contributed by atoms with Crippen LogP contribution in [0.25, 0.3) is 0 Å². The Hall–Kier alpha value is -3.62. The van der Waals surface area contributed by atoms with E-state index in [1.54, 1.807) is 42.1 Å². The normalized spacial score (nSPS) is 11.1. The lowest BCUT2D eigenvalue weighted by molar-refractivity contribution is -0.274. The largest absolute Gasteiger partial charge is 0.573 e. The Kier molecular flexibility index (Phi) is 5.16. The number of ether oxygens (including phenoxy) is 1. The van der Waals surface area contributed by atoms with Crippen LogP contribution in [0.3, 0.4) is 0 Å². The molecule has 3 rings (SSSR count). The maximum absolute atomic E-state index is 12.4. The highest BCUT2D eigenvalue weighted by Crippen LogP contribution is 2.23. The summed E-state index contributed by atoms with van der Waals surface area (Å²) in [6.45, 7) is 0. The number of ketones is 1. The molecule has 28 heavy (non-hydrogen) atoms. The summed E-state index contributed by atoms with van der Waals surface area (Å²) in [4.78, 5) is 28.6. The van der Waals surface area contributed by atoms with Crippen molar-refractivity contribution < 1.29 is 27.5 Å². The number of aromatic nitrogens is 2. The van der Waals surface area contributed by atoms with Crippen molar-refractivity contribution in [3.63, 3.8) is 0 Å². The van der Waals surface area contributed by atoms with Crippen LogP contribution in [0, 0.1) is 0 Å². The number of anilines is 1. The van der Waals surface area contributed by atoms with E-state index in [0.29, 0.717) is 11.3 Å². The highest BCUT2D eigenvalue weighted by Gasteiger charge is 2.31. The number of nitrogens with zero attached hydrogens (tertiary/aromatic N) is 2. The average Bonchev–Trinajstić information content (AvgIpc) is 3.07. The lowest BCUT2D eigenvalue weighted by Crippen LogP contribution is -2.17. The number of rotatable bonds is 5. The second-order valence-corrected chi connectivity index (χ2v) is 5.79. The maximum Gasteiger partial charge on any atom is 0.573 e. The van der Waals surface area contributed by atoms with Gasteiger partial charge < -0.3 is 14.6 Å². The summed E-state index contributed by atoms with van der Waals surface area (Å²) in [7, 11) is 1.71. The third kappa shape index (κ3) is 4.56. The smallest absolute Gasteiger partial charge is 0.406 e. The first-order valence-electron chi connectivity index (χ1n) is 8.02. The number of alkyl halides is 3. The van der Waals surface area contributed by atoms with Gasteiger partial charge in [-0.1, -0.05) is 0 Å². The molecule has 0 aliphatic carbocycles. The van der Waals surface area contributed by atoms with E-state index in [1.807, 2.05) is 0 Å². The number of halogens is 3. The van der Waals surface area contributed by atoms with Crippen LogP contribution in [0.2, 0.25) is 0 Å². The fourth-order valence-corrected chi connectivity index (χ4v) is 2.43. The van der Waals surface area contributed by atoms with Gasteiger partial charge in [-0.15, -0.1) is 13.2 Å². The van der Waals surface area contributed by atoms with Crippen LogP contribution in [-0.4, -0.2) is 27.6 Å². The Morgan fingerprint density at radius 2 is 1.61 bits per heavy atom. The molecular weight excluding hydrogens is 375 g/mol. The summed E-state index contributed by atoms with van der Waals surface area (Å²) in [5.74, 6) is -0.897. The number of aryl methyl sites for hydroxylation is 1. The maximum atomic E-state index is 12.4. The molecule has 1 heterocycles. The summed E-state index contributed by atoms with van der Waals surface area (Å²) < 4.78 is 41.8. The molecule has 9 heteroatoms. The molecule has 1 amide bonds. The quantitative estimate of drug-likeness (QED) is 0.674. The summed E-state index contributed by atoms with van der Waals surface area (Å²) in [5.41, 5.74) is 0.987. The van der Waals surface area contributed by atoms with Crippen LogP contribution >= 0.6 is 0 Å². The number of benzene rings is 2. The van der Waals surface area contributed by atoms with Gasteiger partial charge in [0.1, 0.15) is 5.75 Å². The lowest BCUT2D eigenvalue weighted by Gasteiger charge is -2.10. The van der Waals surface area contributed by atoms with E-state index in [9.17, 15) is 22.8 Å². The number of carbonyl (C=O) groups excluding carboxylic acids is 2. The molecule has 0 unspecified atom stereocenters. The van der Waals surface area contributed by atoms with E-state index in [0.717, 1.165) is 12.1 Å². The van der Waals surface area contributed by atoms with Crippen molar-refractivity contribution in [2.45, 2.75) is 6.36 Å². The first-order valence-corrected chi connectivity index (χ1v) is 8.02. The van der Waals surface area contributed by atoms with Crippen LogP contribution in [0.4, 0.5) is 18.9 Å². The fourth-order valence-electron chi connectivity index (χ4n) is 2.43. The number of carbonyl (C=O) groups is 2. The summed E-state index contributed by atoms with van der Waals surface area (Å²) in [5, 5.41) is 2.60. The van der Waals surface area contributed by atoms with Crippen LogP contribution in [0.1, 0.15) is 26.5 Å². The van der Waals surface area contributed by atoms with E-state index in [2.05, 4.69) is 15.0 Å². The summed E-state index contributed by atoms with van der Waals surface area (Å²) >= 11 is 0. The number of amides is 1. The molecule has 3 aromatic rings. The van der Waals surface area contributed by atoms with Gasteiger partial charge in [0.25, 0.3) is 5.91 Å². The van der Waals surface area contributed by atoms with Crippen molar-refractivity contribution in [1.29, 1.82) is 0 Å². The predicted octanol–water partition coefficient (Wildman–Crippen LogP) is 3.80. The molecule has 6 nitrogen and oxygen atoms in total. The minimum Gasteiger partial charge on any atom is -0.406 e. The molecule has 0 aliphatic rings. The second kappa shape index (κ2) is 7.55. The van der Waals surface area contributed by atoms with Crippen molar-refractivity contribution in [2.24, 2.45) is 7.05 Å². The summed E-state index contributed by atoms with van der Waals surface area (Å²) in [6, 6.07) is 10.7. The van der Waals surface area contributed by atoms with E-state index in [1.165, 1.54) is 18.3 Å². The molecule has 0 bridgehead atoms. The highest BCUT2D eigenvalue weighted by atomic mass is 19.4. The van der Waals surface area contributed by atoms with Gasteiger partial charge in [0.05, 0.1) is 0 Å². The van der Waals surface area contributed by atoms with Gasteiger partial charge in [-0.25, -0.2) is 4.98 Å². The van der Waals surface area contributed by atoms with E-state index in [4.69, 9.17) is 0 Å². The van der Waals surface area contributed by atoms with Crippen molar-refractivity contribution in [2.75, 3.05) is 5.32 Å². The Bertz CT molecular complexity index is 994. The van der Waals surface area contributed by atoms with Crippen LogP contribution < -0.4 is 10.1 Å². The number of hydrogen-bond donors (Lipinski definition) is 1. The van der Waals surface area contributed by atoms with Crippen molar-refractivity contribution >= 4 is 17.4 Å². The minimum atomic E-state index is -4.79. The SMILES string of the molecule is Cn1ccnc1C(=O)c1ccc(NC(=O)c2ccc(OC(F)(F)F)cc2)cc1. The second-order valence-electron chi connectivity index (χ2n) is 5.79. The van der Waals surface area contributed by atoms with Crippen molar-refractivity contribution in [1.82, 2.24) is 9.55 Å². The Morgan fingerprint density at radius 1 is 1.00 bits per heavy atom. The van der Waals surface area contributed by atoms with Crippen molar-refractivity contribution in [3.8, 4) is 5.75 Å². The number of nitrogens with one attached hydrogen (secondary N) is 1. The predicted molar refractivity (Wildman–Crippen MR) is 94.2 cm³/mol. The molecule has 0 aliphatic heterocycles. The first kappa shape index (κ1) is 19.2. The fraction of sp³-hybridized carbons (Fsp3) is 0.105. The third-order valence-corrected chi connectivity index (χ3v) is 3.78. The van der Waals surface area contributed by atoms with Crippen LogP contribution in [0.5, 0.6) is 5.75 Å². The van der Waals surface area contributed by atoms with Crippen LogP contribution in [-0.2, 0) is 7.05 Å². The summed E-state index contributed by atoms with van der Waals surface area (Å²) in [6.07, 6.45) is -1.61. The standard InChI is InChI=1S/C19H14F3N3O3/c1-25-11-10-23-17(25)16(26)12-2-6-14(7-3-12)24-18(27)13-4-8-15(9-5-13)28-19(20,21)22/h2-11H,1H3,(H,24,27). The molecule has 2 aromatic carbocycles. The van der Waals surface area contributed by atoms with Crippen molar-refractivity contribution in [3.05, 3.63) is 77.9 Å². The zero-order valence-corrected chi connectivity index (χ0v) is 14.5. The van der Waals surface area contributed by atoms with Crippen LogP contribution in [0.15, 0.2) is 60.9 Å². The van der Waals surface area contributed by atoms with Gasteiger partial charge in [-0.05, 0) is 48.5 Å². The number of hydrogen-bond acceptors (Lipinski definition) is 4. The Balaban J connectivity index is 1.66. The molecular formula is C19H14F3N3O3. The first-order chi connectivity index (χ1) is 13.2.